The van der Waals surface area contributed by atoms with Gasteiger partial charge in [-0.15, -0.1) is 0 Å². The number of benzene rings is 1. The van der Waals surface area contributed by atoms with Crippen molar-refractivity contribution in [3.63, 3.8) is 0 Å². The van der Waals surface area contributed by atoms with Gasteiger partial charge in [0.15, 0.2) is 0 Å². The van der Waals surface area contributed by atoms with Gasteiger partial charge < -0.3 is 5.73 Å². The lowest BCUT2D eigenvalue weighted by molar-refractivity contribution is -0.122. The van der Waals surface area contributed by atoms with Crippen molar-refractivity contribution in [1.82, 2.24) is 5.43 Å². The van der Waals surface area contributed by atoms with Crippen LogP contribution < -0.4 is 17.0 Å². The van der Waals surface area contributed by atoms with Gasteiger partial charge in [-0.1, -0.05) is 30.3 Å². The largest absolute Gasteiger partial charge is 0.316 e. The van der Waals surface area contributed by atoms with Crippen molar-refractivity contribution in [3.8, 4) is 0 Å². The molecule has 0 aliphatic carbocycles. The molecular formula is C8H11N3O. The van der Waals surface area contributed by atoms with Gasteiger partial charge in [-0.05, 0) is 5.56 Å². The summed E-state index contributed by atoms with van der Waals surface area (Å²) in [4.78, 5) is 11.0. The van der Waals surface area contributed by atoms with Crippen LogP contribution in [0.15, 0.2) is 30.3 Å². The van der Waals surface area contributed by atoms with Crippen molar-refractivity contribution in [2.24, 2.45) is 11.6 Å². The maximum Gasteiger partial charge on any atom is 0.255 e. The van der Waals surface area contributed by atoms with E-state index in [2.05, 4.69) is 0 Å². The number of rotatable bonds is 2. The second kappa shape index (κ2) is 3.85. The third-order valence-electron chi connectivity index (χ3n) is 1.58. The van der Waals surface area contributed by atoms with Gasteiger partial charge >= 0.3 is 0 Å². The highest BCUT2D eigenvalue weighted by Crippen LogP contribution is 2.08. The Morgan fingerprint density at radius 1 is 1.33 bits per heavy atom. The van der Waals surface area contributed by atoms with Crippen LogP contribution in [0, 0.1) is 0 Å². The second-order valence-corrected chi connectivity index (χ2v) is 2.40. The monoisotopic (exact) mass is 165 g/mol. The molecule has 1 amide bonds. The van der Waals surface area contributed by atoms with Gasteiger partial charge in [-0.3, -0.25) is 10.2 Å². The van der Waals surface area contributed by atoms with Gasteiger partial charge in [0.25, 0.3) is 5.91 Å². The van der Waals surface area contributed by atoms with Crippen molar-refractivity contribution in [2.75, 3.05) is 0 Å². The molecule has 1 aromatic rings. The minimum atomic E-state index is -0.684. The van der Waals surface area contributed by atoms with Crippen LogP contribution in [0.4, 0.5) is 0 Å². The Bertz CT molecular complexity index is 260. The normalized spacial score (nSPS) is 12.2. The van der Waals surface area contributed by atoms with Crippen LogP contribution in [0.5, 0.6) is 0 Å². The van der Waals surface area contributed by atoms with Gasteiger partial charge in [-0.25, -0.2) is 5.84 Å². The quantitative estimate of drug-likeness (QED) is 0.319. The molecule has 0 aliphatic rings. The number of amides is 1. The van der Waals surface area contributed by atoms with Crippen LogP contribution in [0.25, 0.3) is 0 Å². The van der Waals surface area contributed by atoms with E-state index in [9.17, 15) is 4.79 Å². The molecule has 1 atom stereocenters. The first-order valence-electron chi connectivity index (χ1n) is 3.56. The summed E-state index contributed by atoms with van der Waals surface area (Å²) in [6.07, 6.45) is 0. The molecule has 0 fully saturated rings. The number of hydrogen-bond donors (Lipinski definition) is 3. The predicted molar refractivity (Wildman–Crippen MR) is 45.7 cm³/mol. The zero-order valence-electron chi connectivity index (χ0n) is 6.53. The molecule has 0 spiro atoms. The Balaban J connectivity index is 2.78. The van der Waals surface area contributed by atoms with E-state index in [0.717, 1.165) is 5.56 Å². The lowest BCUT2D eigenvalue weighted by atomic mass is 10.1. The molecule has 5 N–H and O–H groups in total. The molecule has 1 aromatic carbocycles. The first-order chi connectivity index (χ1) is 5.75. The molecule has 4 heteroatoms. The number of hydrogen-bond acceptors (Lipinski definition) is 3. The Hall–Kier alpha value is -1.39. The van der Waals surface area contributed by atoms with Crippen molar-refractivity contribution >= 4 is 5.91 Å². The summed E-state index contributed by atoms with van der Waals surface area (Å²) in [6, 6.07) is 8.37. The average Bonchev–Trinajstić information content (AvgIpc) is 2.17. The first-order valence-corrected chi connectivity index (χ1v) is 3.56. The zero-order valence-corrected chi connectivity index (χ0v) is 6.53. The van der Waals surface area contributed by atoms with E-state index in [0.29, 0.717) is 0 Å². The van der Waals surface area contributed by atoms with Crippen molar-refractivity contribution in [1.29, 1.82) is 0 Å². The third-order valence-corrected chi connectivity index (χ3v) is 1.58. The van der Waals surface area contributed by atoms with E-state index >= 15 is 0 Å². The van der Waals surface area contributed by atoms with Gasteiger partial charge in [-0.2, -0.15) is 0 Å². The average molecular weight is 165 g/mol. The third kappa shape index (κ3) is 1.81. The molecular weight excluding hydrogens is 154 g/mol. The van der Waals surface area contributed by atoms with E-state index in [1.54, 1.807) is 12.1 Å². The highest BCUT2D eigenvalue weighted by molar-refractivity contribution is 5.82. The number of hydrazine groups is 1. The topological polar surface area (TPSA) is 81.1 Å². The van der Waals surface area contributed by atoms with Crippen LogP contribution in [0.2, 0.25) is 0 Å². The van der Waals surface area contributed by atoms with Gasteiger partial charge in [0.05, 0.1) is 0 Å². The predicted octanol–water partition coefficient (Wildman–Crippen LogP) is -0.324. The highest BCUT2D eigenvalue weighted by Gasteiger charge is 2.12. The molecule has 0 aliphatic heterocycles. The molecule has 0 heterocycles. The van der Waals surface area contributed by atoms with Crippen molar-refractivity contribution < 1.29 is 4.79 Å². The molecule has 12 heavy (non-hydrogen) atoms. The van der Waals surface area contributed by atoms with Crippen LogP contribution in [0.3, 0.4) is 0 Å². The van der Waals surface area contributed by atoms with Crippen LogP contribution in [0.1, 0.15) is 11.6 Å². The van der Waals surface area contributed by atoms with E-state index in [-0.39, 0.29) is 5.91 Å². The lowest BCUT2D eigenvalue weighted by Crippen LogP contribution is -2.38. The molecule has 4 nitrogen and oxygen atoms in total. The van der Waals surface area contributed by atoms with Crippen LogP contribution in [-0.2, 0) is 4.79 Å². The van der Waals surface area contributed by atoms with E-state index in [1.807, 2.05) is 23.6 Å². The smallest absolute Gasteiger partial charge is 0.255 e. The minimum absolute atomic E-state index is 0.388. The molecule has 0 saturated heterocycles. The summed E-state index contributed by atoms with van der Waals surface area (Å²) in [7, 11) is 0. The summed E-state index contributed by atoms with van der Waals surface area (Å²) in [5, 5.41) is 0. The Labute approximate surface area is 70.5 Å². The van der Waals surface area contributed by atoms with Crippen LogP contribution in [-0.4, -0.2) is 5.91 Å². The summed E-state index contributed by atoms with van der Waals surface area (Å²) >= 11 is 0. The van der Waals surface area contributed by atoms with Gasteiger partial charge in [0.1, 0.15) is 6.04 Å². The fourth-order valence-corrected chi connectivity index (χ4v) is 0.902. The van der Waals surface area contributed by atoms with E-state index in [1.165, 1.54) is 0 Å². The summed E-state index contributed by atoms with van der Waals surface area (Å²) < 4.78 is 0. The standard InChI is InChI=1S/C8H11N3O/c9-7(8(12)11-10)6-4-2-1-3-5-6/h1-5,7H,9-10H2,(H,11,12). The molecule has 0 radical (unpaired) electrons. The van der Waals surface area contributed by atoms with Gasteiger partial charge in [0.2, 0.25) is 0 Å². The molecule has 0 aromatic heterocycles. The molecule has 0 bridgehead atoms. The Morgan fingerprint density at radius 2 is 1.92 bits per heavy atom. The number of nitrogens with one attached hydrogen (secondary N) is 1. The van der Waals surface area contributed by atoms with Gasteiger partial charge in [0, 0.05) is 0 Å². The van der Waals surface area contributed by atoms with Crippen molar-refractivity contribution in [3.05, 3.63) is 35.9 Å². The fraction of sp³-hybridized carbons (Fsp3) is 0.125. The number of nitrogens with two attached hydrogens (primary N) is 2. The SMILES string of the molecule is NNC(=O)C(N)c1ccccc1. The first kappa shape index (κ1) is 8.70. The maximum absolute atomic E-state index is 11.0. The zero-order chi connectivity index (χ0) is 8.97. The van der Waals surface area contributed by atoms with E-state index in [4.69, 9.17) is 11.6 Å². The van der Waals surface area contributed by atoms with E-state index < -0.39 is 6.04 Å². The summed E-state index contributed by atoms with van der Waals surface area (Å²) in [5.41, 5.74) is 8.31. The summed E-state index contributed by atoms with van der Waals surface area (Å²) in [6.45, 7) is 0. The second-order valence-electron chi connectivity index (χ2n) is 2.40. The fourth-order valence-electron chi connectivity index (χ4n) is 0.902. The highest BCUT2D eigenvalue weighted by atomic mass is 16.2. The lowest BCUT2D eigenvalue weighted by Gasteiger charge is -2.08. The Kier molecular flexibility index (Phi) is 2.79. The number of carbonyl (C=O) groups excluding carboxylic acids is 1. The Morgan fingerprint density at radius 3 is 2.42 bits per heavy atom. The summed E-state index contributed by atoms with van der Waals surface area (Å²) in [5.74, 6) is 4.54. The number of carbonyl (C=O) groups is 1. The molecule has 1 rings (SSSR count). The molecule has 64 valence electrons. The molecule has 0 saturated carbocycles. The van der Waals surface area contributed by atoms with Crippen LogP contribution >= 0.6 is 0 Å². The maximum atomic E-state index is 11.0. The minimum Gasteiger partial charge on any atom is -0.316 e. The van der Waals surface area contributed by atoms with Crippen molar-refractivity contribution in [2.45, 2.75) is 6.04 Å². The molecule has 1 unspecified atom stereocenters.